The molecule has 0 saturated heterocycles. The maximum Gasteiger partial charge on any atom is 0.416 e. The fourth-order valence-electron chi connectivity index (χ4n) is 2.08. The van der Waals surface area contributed by atoms with Gasteiger partial charge in [0, 0.05) is 5.69 Å². The molecular formula is C15H11BrF3NO3. The molecule has 0 aliphatic heterocycles. The lowest BCUT2D eigenvalue weighted by Gasteiger charge is -2.31. The van der Waals surface area contributed by atoms with Crippen molar-refractivity contribution in [3.63, 3.8) is 0 Å². The highest BCUT2D eigenvalue weighted by Gasteiger charge is 2.49. The zero-order chi connectivity index (χ0) is 17.3. The topological polar surface area (TPSA) is 66.4 Å². The molecule has 8 heteroatoms. The first kappa shape index (κ1) is 17.3. The Hall–Kier alpha value is -2.09. The van der Waals surface area contributed by atoms with Crippen LogP contribution in [-0.2, 0) is 9.59 Å². The Morgan fingerprint density at radius 2 is 1.83 bits per heavy atom. The Bertz CT molecular complexity index is 685. The number of anilines is 1. The number of alkyl halides is 4. The van der Waals surface area contributed by atoms with Crippen LogP contribution in [0.1, 0.15) is 0 Å². The minimum absolute atomic E-state index is 0.402. The third-order valence-electron chi connectivity index (χ3n) is 3.28. The molecule has 2 atom stereocenters. The number of hydrogen-bond acceptors (Lipinski definition) is 2. The molecule has 0 radical (unpaired) electrons. The molecule has 1 aliphatic carbocycles. The Labute approximate surface area is 137 Å². The smallest absolute Gasteiger partial charge is 0.416 e. The van der Waals surface area contributed by atoms with Gasteiger partial charge in [0.05, 0.1) is 5.57 Å². The number of benzene rings is 1. The highest BCUT2D eigenvalue weighted by Crippen LogP contribution is 2.40. The Kier molecular flexibility index (Phi) is 4.65. The average Bonchev–Trinajstić information content (AvgIpc) is 2.47. The molecule has 4 nitrogen and oxygen atoms in total. The summed E-state index contributed by atoms with van der Waals surface area (Å²) in [5.74, 6) is -4.02. The molecule has 122 valence electrons. The molecule has 2 N–H and O–H groups in total. The fraction of sp³-hybridized carbons (Fsp3) is 0.200. The van der Waals surface area contributed by atoms with Gasteiger partial charge in [0.25, 0.3) is 0 Å². The van der Waals surface area contributed by atoms with E-state index in [0.29, 0.717) is 17.8 Å². The molecule has 0 saturated carbocycles. The number of amides is 1. The van der Waals surface area contributed by atoms with Crippen LogP contribution in [0, 0.1) is 5.92 Å². The summed E-state index contributed by atoms with van der Waals surface area (Å²) in [5, 5.41) is 11.7. The summed E-state index contributed by atoms with van der Waals surface area (Å²) in [6, 6.07) is 8.19. The van der Waals surface area contributed by atoms with Gasteiger partial charge in [-0.1, -0.05) is 52.4 Å². The largest absolute Gasteiger partial charge is 0.481 e. The SMILES string of the molecule is O=C(O)C1C=C(C(F)(F)F)C=CC1(Br)C(=O)Nc1ccccc1. The summed E-state index contributed by atoms with van der Waals surface area (Å²) >= 11 is 2.99. The van der Waals surface area contributed by atoms with Crippen molar-refractivity contribution in [3.8, 4) is 0 Å². The van der Waals surface area contributed by atoms with Crippen LogP contribution in [0.15, 0.2) is 54.1 Å². The van der Waals surface area contributed by atoms with E-state index in [2.05, 4.69) is 21.2 Å². The van der Waals surface area contributed by atoms with Crippen molar-refractivity contribution in [1.82, 2.24) is 0 Å². The monoisotopic (exact) mass is 389 g/mol. The van der Waals surface area contributed by atoms with Gasteiger partial charge in [0.2, 0.25) is 5.91 Å². The van der Waals surface area contributed by atoms with E-state index in [0.717, 1.165) is 6.08 Å². The van der Waals surface area contributed by atoms with Gasteiger partial charge in [-0.2, -0.15) is 13.2 Å². The van der Waals surface area contributed by atoms with Crippen molar-refractivity contribution in [2.24, 2.45) is 5.92 Å². The number of carbonyl (C=O) groups excluding carboxylic acids is 1. The molecule has 1 amide bonds. The van der Waals surface area contributed by atoms with Crippen LogP contribution in [0.25, 0.3) is 0 Å². The first-order valence-corrected chi connectivity index (χ1v) is 7.20. The second-order valence-electron chi connectivity index (χ2n) is 4.86. The van der Waals surface area contributed by atoms with Gasteiger partial charge in [-0.25, -0.2) is 0 Å². The van der Waals surface area contributed by atoms with E-state index in [4.69, 9.17) is 0 Å². The molecular weight excluding hydrogens is 379 g/mol. The molecule has 2 unspecified atom stereocenters. The van der Waals surface area contributed by atoms with Crippen molar-refractivity contribution >= 4 is 33.5 Å². The molecule has 0 aromatic heterocycles. The number of rotatable bonds is 3. The second-order valence-corrected chi connectivity index (χ2v) is 6.17. The molecule has 0 heterocycles. The van der Waals surface area contributed by atoms with Crippen molar-refractivity contribution in [2.75, 3.05) is 5.32 Å². The van der Waals surface area contributed by atoms with Crippen LogP contribution in [0.4, 0.5) is 18.9 Å². The number of para-hydroxylation sites is 1. The van der Waals surface area contributed by atoms with Crippen LogP contribution in [0.2, 0.25) is 0 Å². The minimum Gasteiger partial charge on any atom is -0.481 e. The van der Waals surface area contributed by atoms with E-state index in [1.54, 1.807) is 30.3 Å². The molecule has 1 aromatic carbocycles. The van der Waals surface area contributed by atoms with Gasteiger partial charge >= 0.3 is 12.1 Å². The van der Waals surface area contributed by atoms with E-state index < -0.39 is 33.9 Å². The van der Waals surface area contributed by atoms with Gasteiger partial charge in [-0.15, -0.1) is 0 Å². The zero-order valence-corrected chi connectivity index (χ0v) is 13.1. The third kappa shape index (κ3) is 3.64. The summed E-state index contributed by atoms with van der Waals surface area (Å²) in [6.07, 6.45) is -2.55. The maximum atomic E-state index is 12.7. The number of carboxylic acid groups (broad SMARTS) is 1. The molecule has 0 bridgehead atoms. The first-order chi connectivity index (χ1) is 10.6. The maximum absolute atomic E-state index is 12.7. The van der Waals surface area contributed by atoms with Crippen molar-refractivity contribution in [3.05, 3.63) is 54.1 Å². The van der Waals surface area contributed by atoms with E-state index in [1.807, 2.05) is 0 Å². The van der Waals surface area contributed by atoms with Crippen LogP contribution >= 0.6 is 15.9 Å². The van der Waals surface area contributed by atoms with Crippen LogP contribution in [0.3, 0.4) is 0 Å². The number of allylic oxidation sites excluding steroid dienone is 2. The number of nitrogens with one attached hydrogen (secondary N) is 1. The quantitative estimate of drug-likeness (QED) is 0.777. The Morgan fingerprint density at radius 3 is 2.35 bits per heavy atom. The minimum atomic E-state index is -4.69. The fourth-order valence-corrected chi connectivity index (χ4v) is 2.64. The number of hydrogen-bond donors (Lipinski definition) is 2. The van der Waals surface area contributed by atoms with Crippen molar-refractivity contribution in [2.45, 2.75) is 10.5 Å². The lowest BCUT2D eigenvalue weighted by molar-refractivity contribution is -0.142. The van der Waals surface area contributed by atoms with E-state index in [9.17, 15) is 27.9 Å². The third-order valence-corrected chi connectivity index (χ3v) is 4.40. The van der Waals surface area contributed by atoms with Crippen LogP contribution < -0.4 is 5.32 Å². The Balaban J connectivity index is 2.33. The summed E-state index contributed by atoms with van der Waals surface area (Å²) in [6.45, 7) is 0. The Morgan fingerprint density at radius 1 is 1.22 bits per heavy atom. The van der Waals surface area contributed by atoms with Gasteiger partial charge in [0.1, 0.15) is 10.2 Å². The second kappa shape index (κ2) is 6.19. The van der Waals surface area contributed by atoms with E-state index in [-0.39, 0.29) is 0 Å². The average molecular weight is 390 g/mol. The molecule has 0 fully saturated rings. The number of aliphatic carboxylic acids is 1. The molecule has 1 aromatic rings. The van der Waals surface area contributed by atoms with Crippen molar-refractivity contribution in [1.29, 1.82) is 0 Å². The normalized spacial score (nSPS) is 24.0. The summed E-state index contributed by atoms with van der Waals surface area (Å²) < 4.78 is 36.4. The lowest BCUT2D eigenvalue weighted by atomic mass is 9.84. The zero-order valence-electron chi connectivity index (χ0n) is 11.5. The van der Waals surface area contributed by atoms with E-state index in [1.165, 1.54) is 0 Å². The van der Waals surface area contributed by atoms with E-state index >= 15 is 0 Å². The molecule has 23 heavy (non-hydrogen) atoms. The van der Waals surface area contributed by atoms with Gasteiger partial charge in [-0.3, -0.25) is 9.59 Å². The van der Waals surface area contributed by atoms with Gasteiger partial charge < -0.3 is 10.4 Å². The summed E-state index contributed by atoms with van der Waals surface area (Å²) in [7, 11) is 0. The number of carboxylic acids is 1. The molecule has 0 spiro atoms. The van der Waals surface area contributed by atoms with Gasteiger partial charge in [0.15, 0.2) is 0 Å². The van der Waals surface area contributed by atoms with Crippen molar-refractivity contribution < 1.29 is 27.9 Å². The molecule has 1 aliphatic rings. The highest BCUT2D eigenvalue weighted by molar-refractivity contribution is 9.10. The lowest BCUT2D eigenvalue weighted by Crippen LogP contribution is -2.46. The van der Waals surface area contributed by atoms with Crippen LogP contribution in [-0.4, -0.2) is 27.5 Å². The standard InChI is InChI=1S/C15H11BrF3NO3/c16-14(13(23)20-10-4-2-1-3-5-10)7-6-9(15(17,18)19)8-11(14)12(21)22/h1-8,11H,(H,20,23)(H,21,22). The summed E-state index contributed by atoms with van der Waals surface area (Å²) in [5.41, 5.74) is -0.702. The predicted molar refractivity (Wildman–Crippen MR) is 81.1 cm³/mol. The summed E-state index contributed by atoms with van der Waals surface area (Å²) in [4.78, 5) is 23.7. The molecule has 2 rings (SSSR count). The number of halogens is 4. The van der Waals surface area contributed by atoms with Crippen LogP contribution in [0.5, 0.6) is 0 Å². The highest BCUT2D eigenvalue weighted by atomic mass is 79.9. The van der Waals surface area contributed by atoms with Gasteiger partial charge in [-0.05, 0) is 12.1 Å². The first-order valence-electron chi connectivity index (χ1n) is 6.41. The number of carbonyl (C=O) groups is 2. The predicted octanol–water partition coefficient (Wildman–Crippen LogP) is 3.52.